The second kappa shape index (κ2) is 8.73. The molecule has 2 heterocycles. The lowest BCUT2D eigenvalue weighted by molar-refractivity contribution is -0.118. The first kappa shape index (κ1) is 20.8. The zero-order valence-corrected chi connectivity index (χ0v) is 18.8. The number of nitrogens with zero attached hydrogens (tertiary/aromatic N) is 3. The minimum Gasteiger partial charge on any atom is -0.326 e. The molecular formula is C22H24N4O2S2. The van der Waals surface area contributed by atoms with Crippen LogP contribution in [0.1, 0.15) is 50.0 Å². The van der Waals surface area contributed by atoms with Gasteiger partial charge in [0.2, 0.25) is 5.91 Å². The van der Waals surface area contributed by atoms with Gasteiger partial charge in [-0.25, -0.2) is 0 Å². The van der Waals surface area contributed by atoms with Crippen molar-refractivity contribution in [2.75, 3.05) is 5.32 Å². The molecule has 1 N–H and O–H groups in total. The Kier molecular flexibility index (Phi) is 6.06. The molecule has 1 amide bonds. The lowest BCUT2D eigenvalue weighted by atomic mass is 10.1. The van der Waals surface area contributed by atoms with Crippen LogP contribution in [0.3, 0.4) is 0 Å². The van der Waals surface area contributed by atoms with E-state index in [1.54, 1.807) is 35.6 Å². The molecule has 1 aliphatic carbocycles. The smallest absolute Gasteiger partial charge is 0.226 e. The summed E-state index contributed by atoms with van der Waals surface area (Å²) >= 11 is 3.10. The van der Waals surface area contributed by atoms with Gasteiger partial charge in [0.1, 0.15) is 0 Å². The number of benzene rings is 1. The van der Waals surface area contributed by atoms with Crippen LogP contribution in [-0.4, -0.2) is 31.7 Å². The molecule has 30 heavy (non-hydrogen) atoms. The Labute approximate surface area is 184 Å². The summed E-state index contributed by atoms with van der Waals surface area (Å²) in [6.07, 6.45) is 2.24. The molecule has 0 spiro atoms. The zero-order valence-electron chi connectivity index (χ0n) is 17.2. The van der Waals surface area contributed by atoms with Crippen LogP contribution in [0.4, 0.5) is 5.69 Å². The monoisotopic (exact) mass is 440 g/mol. The summed E-state index contributed by atoms with van der Waals surface area (Å²) < 4.78 is 2.19. The molecule has 1 fully saturated rings. The number of hydrogen-bond acceptors (Lipinski definition) is 6. The van der Waals surface area contributed by atoms with E-state index in [1.165, 1.54) is 11.8 Å². The molecule has 0 aliphatic heterocycles. The van der Waals surface area contributed by atoms with Gasteiger partial charge in [-0.15, -0.1) is 21.5 Å². The Morgan fingerprint density at radius 1 is 1.13 bits per heavy atom. The van der Waals surface area contributed by atoms with Gasteiger partial charge >= 0.3 is 0 Å². The molecule has 8 heteroatoms. The van der Waals surface area contributed by atoms with Gasteiger partial charge in [-0.2, -0.15) is 0 Å². The molecule has 1 saturated carbocycles. The van der Waals surface area contributed by atoms with E-state index >= 15 is 0 Å². The van der Waals surface area contributed by atoms with Gasteiger partial charge in [-0.3, -0.25) is 14.2 Å². The third kappa shape index (κ3) is 4.49. The quantitative estimate of drug-likeness (QED) is 0.380. The van der Waals surface area contributed by atoms with Crippen molar-refractivity contribution in [2.45, 2.75) is 50.1 Å². The predicted octanol–water partition coefficient (Wildman–Crippen LogP) is 5.30. The number of amides is 1. The van der Waals surface area contributed by atoms with Crippen LogP contribution in [0.15, 0.2) is 46.9 Å². The topological polar surface area (TPSA) is 76.9 Å². The zero-order chi connectivity index (χ0) is 21.3. The van der Waals surface area contributed by atoms with Gasteiger partial charge in [0, 0.05) is 23.2 Å². The van der Waals surface area contributed by atoms with Gasteiger partial charge in [0.05, 0.1) is 10.1 Å². The molecule has 156 valence electrons. The van der Waals surface area contributed by atoms with Crippen molar-refractivity contribution in [3.8, 4) is 10.7 Å². The summed E-state index contributed by atoms with van der Waals surface area (Å²) in [6.45, 7) is 5.59. The van der Waals surface area contributed by atoms with E-state index < -0.39 is 0 Å². The molecule has 0 radical (unpaired) electrons. The molecule has 0 saturated heterocycles. The van der Waals surface area contributed by atoms with Crippen molar-refractivity contribution in [3.05, 3.63) is 47.3 Å². The number of carbonyl (C=O) groups excluding carboxylic acids is 2. The number of carbonyl (C=O) groups is 2. The van der Waals surface area contributed by atoms with Crippen LogP contribution < -0.4 is 5.32 Å². The number of thiophene rings is 1. The van der Waals surface area contributed by atoms with Crippen molar-refractivity contribution in [1.82, 2.24) is 14.8 Å². The lowest BCUT2D eigenvalue weighted by Crippen LogP contribution is -2.18. The molecule has 0 bridgehead atoms. The third-order valence-corrected chi connectivity index (χ3v) is 6.85. The highest BCUT2D eigenvalue weighted by Gasteiger charge is 2.32. The average Bonchev–Trinajstić information content (AvgIpc) is 3.25. The largest absolute Gasteiger partial charge is 0.326 e. The number of hydrogen-bond donors (Lipinski definition) is 1. The number of ketones is 1. The summed E-state index contributed by atoms with van der Waals surface area (Å²) in [6, 6.07) is 11.6. The molecule has 1 atom stereocenters. The Bertz CT molecular complexity index is 1040. The summed E-state index contributed by atoms with van der Waals surface area (Å²) in [5.74, 6) is 0.786. The number of aromatic nitrogens is 3. The summed E-state index contributed by atoms with van der Waals surface area (Å²) in [5, 5.41) is 14.2. The highest BCUT2D eigenvalue weighted by Crippen LogP contribution is 2.42. The van der Waals surface area contributed by atoms with Gasteiger partial charge in [0.25, 0.3) is 0 Å². The van der Waals surface area contributed by atoms with E-state index in [9.17, 15) is 9.59 Å². The fraction of sp³-hybridized carbons (Fsp3) is 0.364. The lowest BCUT2D eigenvalue weighted by Gasteiger charge is -2.13. The fourth-order valence-electron chi connectivity index (χ4n) is 3.04. The van der Waals surface area contributed by atoms with Crippen molar-refractivity contribution < 1.29 is 9.59 Å². The highest BCUT2D eigenvalue weighted by atomic mass is 32.2. The number of Topliss-reactive ketones (excluding diaryl/α,β-unsaturated/α-hetero) is 1. The Hall–Kier alpha value is -2.45. The molecule has 4 rings (SSSR count). The van der Waals surface area contributed by atoms with Crippen molar-refractivity contribution in [2.24, 2.45) is 5.92 Å². The highest BCUT2D eigenvalue weighted by molar-refractivity contribution is 8.00. The summed E-state index contributed by atoms with van der Waals surface area (Å²) in [5.41, 5.74) is 1.31. The second-order valence-corrected chi connectivity index (χ2v) is 9.99. The van der Waals surface area contributed by atoms with Gasteiger partial charge in [0.15, 0.2) is 16.8 Å². The van der Waals surface area contributed by atoms with Gasteiger partial charge < -0.3 is 5.32 Å². The SMILES string of the molecule is CC(C)C(=O)Nc1ccc(C(=O)C(C)Sc2nnc(-c3cccs3)n2C2CC2)cc1. The number of thioether (sulfide) groups is 1. The summed E-state index contributed by atoms with van der Waals surface area (Å²) in [7, 11) is 0. The molecule has 3 aromatic rings. The van der Waals surface area contributed by atoms with Crippen molar-refractivity contribution in [1.29, 1.82) is 0 Å². The van der Waals surface area contributed by atoms with E-state index in [2.05, 4.69) is 26.1 Å². The van der Waals surface area contributed by atoms with Crippen molar-refractivity contribution >= 4 is 40.5 Å². The minimum atomic E-state index is -0.293. The molecular weight excluding hydrogens is 416 g/mol. The van der Waals surface area contributed by atoms with Crippen LogP contribution >= 0.6 is 23.1 Å². The molecule has 1 aromatic carbocycles. The molecule has 1 aliphatic rings. The Balaban J connectivity index is 1.47. The van der Waals surface area contributed by atoms with Crippen molar-refractivity contribution in [3.63, 3.8) is 0 Å². The maximum atomic E-state index is 13.0. The number of nitrogens with one attached hydrogen (secondary N) is 1. The fourth-order valence-corrected chi connectivity index (χ4v) is 4.75. The van der Waals surface area contributed by atoms with E-state index in [1.807, 2.05) is 32.2 Å². The third-order valence-electron chi connectivity index (χ3n) is 4.93. The normalized spacial score (nSPS) is 14.7. The first-order valence-electron chi connectivity index (χ1n) is 10.0. The molecule has 1 unspecified atom stereocenters. The van der Waals surface area contributed by atoms with E-state index in [4.69, 9.17) is 0 Å². The van der Waals surface area contributed by atoms with Crippen LogP contribution in [-0.2, 0) is 4.79 Å². The number of rotatable bonds is 8. The van der Waals surface area contributed by atoms with Gasteiger partial charge in [-0.1, -0.05) is 31.7 Å². The van der Waals surface area contributed by atoms with E-state index in [0.717, 1.165) is 28.7 Å². The van der Waals surface area contributed by atoms with Crippen LogP contribution in [0, 0.1) is 5.92 Å². The van der Waals surface area contributed by atoms with E-state index in [0.29, 0.717) is 17.3 Å². The average molecular weight is 441 g/mol. The molecule has 2 aromatic heterocycles. The van der Waals surface area contributed by atoms with Crippen LogP contribution in [0.2, 0.25) is 0 Å². The van der Waals surface area contributed by atoms with Crippen LogP contribution in [0.5, 0.6) is 0 Å². The Morgan fingerprint density at radius 3 is 2.47 bits per heavy atom. The first-order chi connectivity index (χ1) is 14.4. The second-order valence-electron chi connectivity index (χ2n) is 7.73. The van der Waals surface area contributed by atoms with E-state index in [-0.39, 0.29) is 22.9 Å². The molecule has 6 nitrogen and oxygen atoms in total. The summed E-state index contributed by atoms with van der Waals surface area (Å²) in [4.78, 5) is 25.9. The van der Waals surface area contributed by atoms with Gasteiger partial charge in [-0.05, 0) is 55.5 Å². The first-order valence-corrected chi connectivity index (χ1v) is 11.8. The minimum absolute atomic E-state index is 0.0322. The Morgan fingerprint density at radius 2 is 1.87 bits per heavy atom. The maximum absolute atomic E-state index is 13.0. The standard InChI is InChI=1S/C22H24N4O2S2/c1-13(2)21(28)23-16-8-6-15(7-9-16)19(27)14(3)30-22-25-24-20(18-5-4-12-29-18)26(22)17-10-11-17/h4-9,12-14,17H,10-11H2,1-3H3,(H,23,28). The number of anilines is 1. The maximum Gasteiger partial charge on any atom is 0.226 e. The van der Waals surface area contributed by atoms with Crippen LogP contribution in [0.25, 0.3) is 10.7 Å². The predicted molar refractivity (Wildman–Crippen MR) is 121 cm³/mol.